The van der Waals surface area contributed by atoms with Crippen LogP contribution in [0.4, 0.5) is 24.7 Å². The quantitative estimate of drug-likeness (QED) is 0.442. The molecule has 1 aliphatic rings. The zero-order valence-corrected chi connectivity index (χ0v) is 20.6. The molecule has 1 amide bonds. The molecule has 10 nitrogen and oxygen atoms in total. The third-order valence-electron chi connectivity index (χ3n) is 6.25. The van der Waals surface area contributed by atoms with Gasteiger partial charge in [0.15, 0.2) is 5.82 Å². The zero-order valence-electron chi connectivity index (χ0n) is 20.6. The molecule has 5 heterocycles. The van der Waals surface area contributed by atoms with Crippen molar-refractivity contribution < 1.29 is 22.7 Å². The Labute approximate surface area is 209 Å². The van der Waals surface area contributed by atoms with E-state index in [0.29, 0.717) is 40.3 Å². The number of nitrogens with two attached hydrogens (primary N) is 1. The normalized spacial score (nSPS) is 18.1. The number of halogens is 3. The first-order valence-corrected chi connectivity index (χ1v) is 11.5. The second-order valence-electron chi connectivity index (χ2n) is 9.52. The summed E-state index contributed by atoms with van der Waals surface area (Å²) in [4.78, 5) is 23.4. The standard InChI is InChI=1S/C24H25F3N8O2/c1-13-10-33(22(36)23(3,4)37-13)18-7-15(9-29-14(18)2)19-8-16(20-21(28)30-12-32-35(19)20)17-5-6-31-34(17)11-24(25,26)27/h5-9,12-13H,10-11H2,1-4H3,(H2,28,30,32). The van der Waals surface area contributed by atoms with Crippen LogP contribution in [0.1, 0.15) is 26.5 Å². The highest BCUT2D eigenvalue weighted by atomic mass is 19.4. The van der Waals surface area contributed by atoms with Gasteiger partial charge in [-0.1, -0.05) is 0 Å². The molecule has 0 bridgehead atoms. The van der Waals surface area contributed by atoms with Crippen molar-refractivity contribution in [2.75, 3.05) is 17.2 Å². The number of fused-ring (bicyclic) bond motifs is 1. The molecular weight excluding hydrogens is 489 g/mol. The van der Waals surface area contributed by atoms with E-state index in [1.165, 1.54) is 23.1 Å². The van der Waals surface area contributed by atoms with Crippen LogP contribution < -0.4 is 10.6 Å². The van der Waals surface area contributed by atoms with Crippen molar-refractivity contribution in [3.05, 3.63) is 42.6 Å². The van der Waals surface area contributed by atoms with Gasteiger partial charge in [0.2, 0.25) is 0 Å². The molecule has 1 saturated heterocycles. The molecule has 0 aromatic carbocycles. The topological polar surface area (TPSA) is 116 Å². The molecule has 0 spiro atoms. The van der Waals surface area contributed by atoms with Crippen LogP contribution in [0.15, 0.2) is 36.9 Å². The van der Waals surface area contributed by atoms with Gasteiger partial charge in [0, 0.05) is 23.5 Å². The van der Waals surface area contributed by atoms with Crippen LogP contribution in [-0.2, 0) is 16.1 Å². The molecule has 1 unspecified atom stereocenters. The number of aryl methyl sites for hydroxylation is 1. The highest BCUT2D eigenvalue weighted by Crippen LogP contribution is 2.37. The number of nitrogens with zero attached hydrogens (tertiary/aromatic N) is 7. The van der Waals surface area contributed by atoms with Crippen molar-refractivity contribution in [3.63, 3.8) is 0 Å². The minimum atomic E-state index is -4.47. The first kappa shape index (κ1) is 24.7. The molecule has 0 radical (unpaired) electrons. The molecule has 0 aliphatic carbocycles. The van der Waals surface area contributed by atoms with Gasteiger partial charge in [-0.3, -0.25) is 14.5 Å². The average molecular weight is 515 g/mol. The van der Waals surface area contributed by atoms with Crippen molar-refractivity contribution in [1.29, 1.82) is 0 Å². The predicted octanol–water partition coefficient (Wildman–Crippen LogP) is 3.64. The minimum absolute atomic E-state index is 0.0928. The Morgan fingerprint density at radius 2 is 1.95 bits per heavy atom. The third-order valence-corrected chi connectivity index (χ3v) is 6.25. The highest BCUT2D eigenvalue weighted by Gasteiger charge is 2.41. The Bertz CT molecular complexity index is 1510. The fourth-order valence-corrected chi connectivity index (χ4v) is 4.72. The van der Waals surface area contributed by atoms with E-state index in [4.69, 9.17) is 10.5 Å². The molecule has 4 aromatic heterocycles. The minimum Gasteiger partial charge on any atom is -0.382 e. The summed E-state index contributed by atoms with van der Waals surface area (Å²) in [5.41, 5.74) is 8.43. The second-order valence-corrected chi connectivity index (χ2v) is 9.52. The maximum absolute atomic E-state index is 13.2. The smallest absolute Gasteiger partial charge is 0.382 e. The first-order chi connectivity index (χ1) is 17.4. The van der Waals surface area contributed by atoms with Gasteiger partial charge in [0.25, 0.3) is 5.91 Å². The predicted molar refractivity (Wildman–Crippen MR) is 130 cm³/mol. The van der Waals surface area contributed by atoms with Crippen molar-refractivity contribution in [3.8, 4) is 22.5 Å². The zero-order chi connectivity index (χ0) is 26.7. The summed E-state index contributed by atoms with van der Waals surface area (Å²) in [6.07, 6.45) is -0.483. The SMILES string of the molecule is Cc1ncc(-c2cc(-c3ccnn3CC(F)(F)F)c3c(N)ncnn23)cc1N1CC(C)OC(C)(C)C1=O. The number of ether oxygens (including phenoxy) is 1. The molecular formula is C24H25F3N8O2. The van der Waals surface area contributed by atoms with E-state index in [1.807, 2.05) is 13.0 Å². The molecule has 4 aromatic rings. The van der Waals surface area contributed by atoms with Crippen LogP contribution in [0, 0.1) is 6.92 Å². The Balaban J connectivity index is 1.67. The maximum atomic E-state index is 13.2. The van der Waals surface area contributed by atoms with E-state index in [-0.39, 0.29) is 23.5 Å². The van der Waals surface area contributed by atoms with Gasteiger partial charge < -0.3 is 15.4 Å². The summed E-state index contributed by atoms with van der Waals surface area (Å²) >= 11 is 0. The number of carbonyl (C=O) groups is 1. The van der Waals surface area contributed by atoms with Crippen molar-refractivity contribution >= 4 is 22.9 Å². The lowest BCUT2D eigenvalue weighted by molar-refractivity contribution is -0.153. The van der Waals surface area contributed by atoms with E-state index < -0.39 is 18.3 Å². The third kappa shape index (κ3) is 4.39. The summed E-state index contributed by atoms with van der Waals surface area (Å²) in [7, 11) is 0. The molecule has 194 valence electrons. The van der Waals surface area contributed by atoms with E-state index in [0.717, 1.165) is 4.68 Å². The summed E-state index contributed by atoms with van der Waals surface area (Å²) in [6, 6.07) is 4.96. The van der Waals surface area contributed by atoms with Crippen LogP contribution in [0.5, 0.6) is 0 Å². The van der Waals surface area contributed by atoms with Gasteiger partial charge in [-0.05, 0) is 45.9 Å². The number of hydrogen-bond acceptors (Lipinski definition) is 7. The first-order valence-electron chi connectivity index (χ1n) is 11.5. The number of aromatic nitrogens is 6. The Hall–Kier alpha value is -4.00. The van der Waals surface area contributed by atoms with Crippen LogP contribution in [0.25, 0.3) is 28.0 Å². The number of anilines is 2. The number of pyridine rings is 1. The number of rotatable bonds is 4. The van der Waals surface area contributed by atoms with Gasteiger partial charge >= 0.3 is 6.18 Å². The van der Waals surface area contributed by atoms with Gasteiger partial charge in [-0.2, -0.15) is 23.4 Å². The van der Waals surface area contributed by atoms with Crippen molar-refractivity contribution in [1.82, 2.24) is 29.4 Å². The fraction of sp³-hybridized carbons (Fsp3) is 0.375. The van der Waals surface area contributed by atoms with Crippen molar-refractivity contribution in [2.45, 2.75) is 52.1 Å². The van der Waals surface area contributed by atoms with Crippen LogP contribution >= 0.6 is 0 Å². The van der Waals surface area contributed by atoms with Gasteiger partial charge in [0.1, 0.15) is 24.0 Å². The number of morpholine rings is 1. The highest BCUT2D eigenvalue weighted by molar-refractivity contribution is 6.00. The van der Waals surface area contributed by atoms with E-state index >= 15 is 0 Å². The monoisotopic (exact) mass is 514 g/mol. The number of amides is 1. The van der Waals surface area contributed by atoms with E-state index in [9.17, 15) is 18.0 Å². The van der Waals surface area contributed by atoms with Gasteiger partial charge in [-0.15, -0.1) is 0 Å². The molecule has 5 rings (SSSR count). The Morgan fingerprint density at radius 3 is 2.68 bits per heavy atom. The molecule has 1 aliphatic heterocycles. The average Bonchev–Trinajstić information content (AvgIpc) is 3.40. The fourth-order valence-electron chi connectivity index (χ4n) is 4.72. The van der Waals surface area contributed by atoms with Crippen molar-refractivity contribution in [2.24, 2.45) is 0 Å². The summed E-state index contributed by atoms with van der Waals surface area (Å²) in [5, 5.41) is 8.16. The number of nitrogen functional groups attached to an aromatic ring is 1. The Kier molecular flexibility index (Phi) is 5.70. The lowest BCUT2D eigenvalue weighted by Gasteiger charge is -2.41. The largest absolute Gasteiger partial charge is 0.408 e. The summed E-state index contributed by atoms with van der Waals surface area (Å²) < 4.78 is 47.7. The van der Waals surface area contributed by atoms with Gasteiger partial charge in [0.05, 0.1) is 35.4 Å². The number of carbonyl (C=O) groups excluding carboxylic acids is 1. The molecule has 1 atom stereocenters. The lowest BCUT2D eigenvalue weighted by Crippen LogP contribution is -2.56. The van der Waals surface area contributed by atoms with E-state index in [1.54, 1.807) is 37.9 Å². The Morgan fingerprint density at radius 1 is 1.19 bits per heavy atom. The number of hydrogen-bond donors (Lipinski definition) is 1. The maximum Gasteiger partial charge on any atom is 0.408 e. The summed E-state index contributed by atoms with van der Waals surface area (Å²) in [6.45, 7) is 6.23. The van der Waals surface area contributed by atoms with Gasteiger partial charge in [-0.25, -0.2) is 9.50 Å². The molecule has 13 heteroatoms. The van der Waals surface area contributed by atoms with Crippen LogP contribution in [0.2, 0.25) is 0 Å². The molecule has 37 heavy (non-hydrogen) atoms. The summed E-state index contributed by atoms with van der Waals surface area (Å²) in [5.74, 6) is -0.105. The van der Waals surface area contributed by atoms with Crippen LogP contribution in [0.3, 0.4) is 0 Å². The van der Waals surface area contributed by atoms with E-state index in [2.05, 4.69) is 20.2 Å². The molecule has 1 fully saturated rings. The molecule has 0 saturated carbocycles. The second kappa shape index (κ2) is 8.54. The number of alkyl halides is 3. The molecule has 2 N–H and O–H groups in total. The lowest BCUT2D eigenvalue weighted by atomic mass is 10.0. The van der Waals surface area contributed by atoms with Crippen LogP contribution in [-0.4, -0.2) is 59.7 Å².